The van der Waals surface area contributed by atoms with Gasteiger partial charge in [0.2, 0.25) is 0 Å². The van der Waals surface area contributed by atoms with Crippen molar-refractivity contribution in [3.8, 4) is 11.8 Å². The Bertz CT molecular complexity index is 619. The molecule has 1 aromatic carbocycles. The number of benzene rings is 1. The fourth-order valence-electron chi connectivity index (χ4n) is 1.60. The third-order valence-corrected chi connectivity index (χ3v) is 2.81. The predicted octanol–water partition coefficient (Wildman–Crippen LogP) is 0.782. The average Bonchev–Trinajstić information content (AvgIpc) is 2.51. The van der Waals surface area contributed by atoms with Gasteiger partial charge in [0.1, 0.15) is 23.4 Å². The van der Waals surface area contributed by atoms with Crippen LogP contribution < -0.4 is 15.4 Å². The van der Waals surface area contributed by atoms with Gasteiger partial charge in [-0.25, -0.2) is 0 Å². The van der Waals surface area contributed by atoms with Crippen LogP contribution in [0.25, 0.3) is 0 Å². The monoisotopic (exact) mass is 303 g/mol. The fourth-order valence-corrected chi connectivity index (χ4v) is 1.60. The van der Waals surface area contributed by atoms with Gasteiger partial charge >= 0.3 is 5.97 Å². The fraction of sp³-hybridized carbons (Fsp3) is 0.267. The van der Waals surface area contributed by atoms with Gasteiger partial charge in [0, 0.05) is 18.3 Å². The molecule has 3 N–H and O–H groups in total. The topological polar surface area (TPSA) is 111 Å². The lowest BCUT2D eigenvalue weighted by molar-refractivity contribution is -0.140. The van der Waals surface area contributed by atoms with Gasteiger partial charge in [-0.2, -0.15) is 5.26 Å². The lowest BCUT2D eigenvalue weighted by Crippen LogP contribution is -2.39. The van der Waals surface area contributed by atoms with E-state index in [0.717, 1.165) is 5.56 Å². The lowest BCUT2D eigenvalue weighted by Gasteiger charge is -2.10. The molecular weight excluding hydrogens is 286 g/mol. The zero-order chi connectivity index (χ0) is 16.5. The third kappa shape index (κ3) is 4.83. The zero-order valence-electron chi connectivity index (χ0n) is 12.3. The van der Waals surface area contributed by atoms with Crippen LogP contribution in [0.15, 0.2) is 36.0 Å². The van der Waals surface area contributed by atoms with Gasteiger partial charge in [0.05, 0.1) is 7.11 Å². The molecule has 7 nitrogen and oxygen atoms in total. The first-order valence-corrected chi connectivity index (χ1v) is 6.48. The first-order chi connectivity index (χ1) is 10.5. The van der Waals surface area contributed by atoms with E-state index in [-0.39, 0.29) is 5.57 Å². The maximum Gasteiger partial charge on any atom is 0.325 e. The molecule has 1 unspecified atom stereocenters. The molecule has 0 aromatic heterocycles. The summed E-state index contributed by atoms with van der Waals surface area (Å²) in [5.74, 6) is -1.23. The van der Waals surface area contributed by atoms with E-state index in [1.54, 1.807) is 19.2 Å². The molecule has 0 aliphatic rings. The normalized spacial score (nSPS) is 12.0. The average molecular weight is 303 g/mol. The number of rotatable bonds is 7. The Kier molecular flexibility index (Phi) is 6.44. The number of carbonyl (C=O) groups is 2. The molecule has 0 heterocycles. The summed E-state index contributed by atoms with van der Waals surface area (Å²) >= 11 is 0. The van der Waals surface area contributed by atoms with E-state index in [4.69, 9.17) is 15.1 Å². The largest absolute Gasteiger partial charge is 0.496 e. The minimum atomic E-state index is -1.17. The standard InChI is InChI=1S/C15H17N3O4/c1-10(15(20)21)18-14(19)12(7-16)9-17-8-11-5-3-4-6-13(11)22-2/h3-6,9-10,17H,8H2,1-2H3,(H,18,19)(H,20,21)/b12-9-. The van der Waals surface area contributed by atoms with E-state index >= 15 is 0 Å². The molecule has 1 aromatic rings. The molecule has 0 saturated heterocycles. The highest BCUT2D eigenvalue weighted by atomic mass is 16.5. The second-order valence-corrected chi connectivity index (χ2v) is 4.40. The van der Waals surface area contributed by atoms with Crippen molar-refractivity contribution in [2.24, 2.45) is 0 Å². The number of carbonyl (C=O) groups excluding carboxylic acids is 1. The molecule has 0 spiro atoms. The number of methoxy groups -OCH3 is 1. The summed E-state index contributed by atoms with van der Waals surface area (Å²) in [4.78, 5) is 22.4. The molecule has 0 radical (unpaired) electrons. The van der Waals surface area contributed by atoms with Gasteiger partial charge in [-0.15, -0.1) is 0 Å². The van der Waals surface area contributed by atoms with E-state index in [1.165, 1.54) is 13.1 Å². The molecule has 0 aliphatic heterocycles. The predicted molar refractivity (Wildman–Crippen MR) is 78.8 cm³/mol. The molecule has 22 heavy (non-hydrogen) atoms. The van der Waals surface area contributed by atoms with Crippen molar-refractivity contribution in [2.45, 2.75) is 19.5 Å². The van der Waals surface area contributed by atoms with Crippen LogP contribution in [0.1, 0.15) is 12.5 Å². The highest BCUT2D eigenvalue weighted by Crippen LogP contribution is 2.16. The number of para-hydroxylation sites is 1. The van der Waals surface area contributed by atoms with E-state index < -0.39 is 17.9 Å². The Morgan fingerprint density at radius 3 is 2.73 bits per heavy atom. The maximum absolute atomic E-state index is 11.7. The smallest absolute Gasteiger partial charge is 0.325 e. The summed E-state index contributed by atoms with van der Waals surface area (Å²) in [6.07, 6.45) is 1.25. The Balaban J connectivity index is 2.68. The van der Waals surface area contributed by atoms with Crippen molar-refractivity contribution in [1.29, 1.82) is 5.26 Å². The molecule has 7 heteroatoms. The molecule has 0 saturated carbocycles. The summed E-state index contributed by atoms with van der Waals surface area (Å²) in [6.45, 7) is 1.68. The number of aliphatic carboxylic acids is 1. The number of nitriles is 1. The van der Waals surface area contributed by atoms with Crippen LogP contribution in [0.5, 0.6) is 5.75 Å². The number of nitrogens with zero attached hydrogens (tertiary/aromatic N) is 1. The number of ether oxygens (including phenoxy) is 1. The molecule has 1 amide bonds. The summed E-state index contributed by atoms with van der Waals surface area (Å²) < 4.78 is 5.19. The minimum Gasteiger partial charge on any atom is -0.496 e. The summed E-state index contributed by atoms with van der Waals surface area (Å²) in [6, 6.07) is 7.97. The van der Waals surface area contributed by atoms with E-state index in [1.807, 2.05) is 18.2 Å². The number of amides is 1. The SMILES string of the molecule is COc1ccccc1CN/C=C(/C#N)C(=O)NC(C)C(=O)O. The highest BCUT2D eigenvalue weighted by molar-refractivity contribution is 5.99. The Morgan fingerprint density at radius 1 is 1.45 bits per heavy atom. The van der Waals surface area contributed by atoms with Gasteiger partial charge in [0.15, 0.2) is 0 Å². The van der Waals surface area contributed by atoms with Crippen molar-refractivity contribution in [1.82, 2.24) is 10.6 Å². The van der Waals surface area contributed by atoms with Gasteiger partial charge in [-0.05, 0) is 13.0 Å². The second-order valence-electron chi connectivity index (χ2n) is 4.40. The minimum absolute atomic E-state index is 0.206. The van der Waals surface area contributed by atoms with E-state index in [2.05, 4.69) is 10.6 Å². The van der Waals surface area contributed by atoms with Crippen LogP contribution in [-0.4, -0.2) is 30.1 Å². The lowest BCUT2D eigenvalue weighted by atomic mass is 10.2. The van der Waals surface area contributed by atoms with Gasteiger partial charge in [-0.1, -0.05) is 18.2 Å². The Morgan fingerprint density at radius 2 is 2.14 bits per heavy atom. The van der Waals surface area contributed by atoms with Crippen molar-refractivity contribution in [3.63, 3.8) is 0 Å². The summed E-state index contributed by atoms with van der Waals surface area (Å²) in [5.41, 5.74) is 0.654. The van der Waals surface area contributed by atoms with Gasteiger partial charge in [-0.3, -0.25) is 9.59 Å². The van der Waals surface area contributed by atoms with Crippen molar-refractivity contribution >= 4 is 11.9 Å². The van der Waals surface area contributed by atoms with Crippen LogP contribution in [0.3, 0.4) is 0 Å². The van der Waals surface area contributed by atoms with E-state index in [9.17, 15) is 9.59 Å². The number of nitrogens with one attached hydrogen (secondary N) is 2. The quantitative estimate of drug-likeness (QED) is 0.507. The van der Waals surface area contributed by atoms with Crippen molar-refractivity contribution in [2.75, 3.05) is 7.11 Å². The Labute approximate surface area is 128 Å². The van der Waals surface area contributed by atoms with Crippen molar-refractivity contribution < 1.29 is 19.4 Å². The van der Waals surface area contributed by atoms with E-state index in [0.29, 0.717) is 12.3 Å². The number of hydrogen-bond acceptors (Lipinski definition) is 5. The van der Waals surface area contributed by atoms with Crippen molar-refractivity contribution in [3.05, 3.63) is 41.6 Å². The van der Waals surface area contributed by atoms with Crippen LogP contribution in [0.4, 0.5) is 0 Å². The third-order valence-electron chi connectivity index (χ3n) is 2.81. The number of hydrogen-bond donors (Lipinski definition) is 3. The van der Waals surface area contributed by atoms with Crippen LogP contribution in [0, 0.1) is 11.3 Å². The van der Waals surface area contributed by atoms with Gasteiger partial charge < -0.3 is 20.5 Å². The van der Waals surface area contributed by atoms with Crippen LogP contribution >= 0.6 is 0 Å². The molecule has 0 bridgehead atoms. The molecular formula is C15H17N3O4. The molecule has 1 atom stereocenters. The van der Waals surface area contributed by atoms with Crippen LogP contribution in [-0.2, 0) is 16.1 Å². The highest BCUT2D eigenvalue weighted by Gasteiger charge is 2.16. The second kappa shape index (κ2) is 8.32. The number of carboxylic acids is 1. The number of carboxylic acid groups (broad SMARTS) is 1. The van der Waals surface area contributed by atoms with Gasteiger partial charge in [0.25, 0.3) is 5.91 Å². The summed E-state index contributed by atoms with van der Waals surface area (Å²) in [7, 11) is 1.55. The first-order valence-electron chi connectivity index (χ1n) is 6.48. The van der Waals surface area contributed by atoms with Crippen LogP contribution in [0.2, 0.25) is 0 Å². The molecule has 0 aliphatic carbocycles. The molecule has 116 valence electrons. The maximum atomic E-state index is 11.7. The molecule has 0 fully saturated rings. The first kappa shape index (κ1) is 17.0. The zero-order valence-corrected chi connectivity index (χ0v) is 12.3. The Hall–Kier alpha value is -3.01. The molecule has 1 rings (SSSR count). The summed E-state index contributed by atoms with van der Waals surface area (Å²) in [5, 5.41) is 22.7.